The van der Waals surface area contributed by atoms with Gasteiger partial charge < -0.3 is 0 Å². The van der Waals surface area contributed by atoms with E-state index in [-0.39, 0.29) is 0 Å². The second-order valence-corrected chi connectivity index (χ2v) is 3.43. The third-order valence-corrected chi connectivity index (χ3v) is 2.42. The maximum atomic E-state index is 4.28. The minimum Gasteiger partial charge on any atom is -0.274 e. The fraction of sp³-hybridized carbons (Fsp3) is 0.125. The zero-order valence-corrected chi connectivity index (χ0v) is 8.56. The van der Waals surface area contributed by atoms with E-state index in [2.05, 4.69) is 30.9 Å². The molecule has 0 atom stereocenters. The molecule has 0 aliphatic carbocycles. The van der Waals surface area contributed by atoms with Gasteiger partial charge in [0.25, 0.3) is 0 Å². The van der Waals surface area contributed by atoms with E-state index >= 15 is 0 Å². The lowest BCUT2D eigenvalue weighted by molar-refractivity contribution is 0.904. The lowest BCUT2D eigenvalue weighted by Gasteiger charge is -2.01. The summed E-state index contributed by atoms with van der Waals surface area (Å²) >= 11 is 3.34. The Labute approximate surface area is 83.8 Å². The van der Waals surface area contributed by atoms with Gasteiger partial charge in [0.2, 0.25) is 5.95 Å². The maximum absolute atomic E-state index is 4.28. The van der Waals surface area contributed by atoms with Gasteiger partial charge in [-0.1, -0.05) is 0 Å². The standard InChI is InChI=1S/C8H7BrN4/c1-6-7(9)4-11-8(12-6)13-3-2-10-5-13/h2-5H,1H3. The average Bonchev–Trinajstić information content (AvgIpc) is 2.62. The highest BCUT2D eigenvalue weighted by Gasteiger charge is 2.01. The van der Waals surface area contributed by atoms with Gasteiger partial charge in [0.15, 0.2) is 0 Å². The van der Waals surface area contributed by atoms with Crippen molar-refractivity contribution in [3.63, 3.8) is 0 Å². The molecular weight excluding hydrogens is 232 g/mol. The van der Waals surface area contributed by atoms with Crippen LogP contribution >= 0.6 is 15.9 Å². The number of aromatic nitrogens is 4. The first-order valence-corrected chi connectivity index (χ1v) is 4.54. The number of halogens is 1. The van der Waals surface area contributed by atoms with Crippen LogP contribution in [0.3, 0.4) is 0 Å². The van der Waals surface area contributed by atoms with Gasteiger partial charge in [0.1, 0.15) is 6.33 Å². The van der Waals surface area contributed by atoms with Gasteiger partial charge in [-0.15, -0.1) is 0 Å². The molecule has 2 aromatic rings. The van der Waals surface area contributed by atoms with Crippen molar-refractivity contribution >= 4 is 15.9 Å². The number of nitrogens with zero attached hydrogens (tertiary/aromatic N) is 4. The summed E-state index contributed by atoms with van der Waals surface area (Å²) in [5, 5.41) is 0. The summed E-state index contributed by atoms with van der Waals surface area (Å²) in [5.74, 6) is 0.637. The lowest BCUT2D eigenvalue weighted by Crippen LogP contribution is -1.99. The summed E-state index contributed by atoms with van der Waals surface area (Å²) in [6.07, 6.45) is 6.91. The van der Waals surface area contributed by atoms with Crippen LogP contribution in [0, 0.1) is 6.92 Å². The molecule has 0 aromatic carbocycles. The normalized spacial score (nSPS) is 10.3. The van der Waals surface area contributed by atoms with Crippen LogP contribution < -0.4 is 0 Å². The van der Waals surface area contributed by atoms with Gasteiger partial charge in [0, 0.05) is 18.6 Å². The fourth-order valence-electron chi connectivity index (χ4n) is 0.942. The molecule has 66 valence electrons. The van der Waals surface area contributed by atoms with Gasteiger partial charge in [-0.05, 0) is 22.9 Å². The van der Waals surface area contributed by atoms with E-state index in [1.165, 1.54) is 0 Å². The fourth-order valence-corrected chi connectivity index (χ4v) is 1.13. The number of hydrogen-bond acceptors (Lipinski definition) is 3. The summed E-state index contributed by atoms with van der Waals surface area (Å²) in [4.78, 5) is 12.3. The highest BCUT2D eigenvalue weighted by molar-refractivity contribution is 9.10. The Morgan fingerprint density at radius 2 is 2.31 bits per heavy atom. The number of rotatable bonds is 1. The van der Waals surface area contributed by atoms with E-state index in [1.807, 2.05) is 13.1 Å². The lowest BCUT2D eigenvalue weighted by atomic mass is 10.5. The zero-order chi connectivity index (χ0) is 9.26. The molecule has 2 rings (SSSR count). The van der Waals surface area contributed by atoms with Gasteiger partial charge >= 0.3 is 0 Å². The Balaban J connectivity index is 2.49. The van der Waals surface area contributed by atoms with Crippen molar-refractivity contribution in [2.45, 2.75) is 6.92 Å². The summed E-state index contributed by atoms with van der Waals surface area (Å²) < 4.78 is 2.68. The van der Waals surface area contributed by atoms with Crippen LogP contribution in [-0.2, 0) is 0 Å². The van der Waals surface area contributed by atoms with E-state index in [0.717, 1.165) is 10.2 Å². The highest BCUT2D eigenvalue weighted by atomic mass is 79.9. The predicted octanol–water partition coefficient (Wildman–Crippen LogP) is 1.73. The van der Waals surface area contributed by atoms with E-state index < -0.39 is 0 Å². The molecule has 4 nitrogen and oxygen atoms in total. The van der Waals surface area contributed by atoms with Crippen molar-refractivity contribution < 1.29 is 0 Å². The first-order chi connectivity index (χ1) is 6.27. The Morgan fingerprint density at radius 3 is 2.92 bits per heavy atom. The predicted molar refractivity (Wildman–Crippen MR) is 51.6 cm³/mol. The second-order valence-electron chi connectivity index (χ2n) is 2.57. The summed E-state index contributed by atoms with van der Waals surface area (Å²) in [7, 11) is 0. The molecule has 0 saturated heterocycles. The summed E-state index contributed by atoms with van der Waals surface area (Å²) in [6, 6.07) is 0. The van der Waals surface area contributed by atoms with Crippen LogP contribution in [0.4, 0.5) is 0 Å². The molecule has 0 saturated carbocycles. The van der Waals surface area contributed by atoms with Crippen LogP contribution in [0.5, 0.6) is 0 Å². The van der Waals surface area contributed by atoms with E-state index in [4.69, 9.17) is 0 Å². The molecule has 2 aromatic heterocycles. The molecule has 0 aliphatic heterocycles. The van der Waals surface area contributed by atoms with Gasteiger partial charge in [-0.3, -0.25) is 4.57 Å². The van der Waals surface area contributed by atoms with Crippen molar-refractivity contribution in [3.05, 3.63) is 35.1 Å². The van der Waals surface area contributed by atoms with Gasteiger partial charge in [-0.2, -0.15) is 0 Å². The third kappa shape index (κ3) is 1.60. The topological polar surface area (TPSA) is 43.6 Å². The summed E-state index contributed by atoms with van der Waals surface area (Å²) in [5.41, 5.74) is 0.915. The maximum Gasteiger partial charge on any atom is 0.235 e. The zero-order valence-electron chi connectivity index (χ0n) is 6.98. The van der Waals surface area contributed by atoms with E-state index in [9.17, 15) is 0 Å². The number of imidazole rings is 1. The van der Waals surface area contributed by atoms with Gasteiger partial charge in [-0.25, -0.2) is 15.0 Å². The molecule has 0 unspecified atom stereocenters. The summed E-state index contributed by atoms with van der Waals surface area (Å²) in [6.45, 7) is 1.92. The van der Waals surface area contributed by atoms with E-state index in [1.54, 1.807) is 23.3 Å². The molecule has 0 amide bonds. The minimum atomic E-state index is 0.637. The van der Waals surface area contributed by atoms with Crippen LogP contribution in [0.1, 0.15) is 5.69 Å². The molecule has 0 aliphatic rings. The Morgan fingerprint density at radius 1 is 1.46 bits per heavy atom. The molecular formula is C8H7BrN4. The van der Waals surface area contributed by atoms with Crippen LogP contribution in [0.15, 0.2) is 29.4 Å². The van der Waals surface area contributed by atoms with Crippen molar-refractivity contribution in [1.82, 2.24) is 19.5 Å². The number of aryl methyl sites for hydroxylation is 1. The monoisotopic (exact) mass is 238 g/mol. The number of hydrogen-bond donors (Lipinski definition) is 0. The molecule has 0 bridgehead atoms. The molecule has 2 heterocycles. The van der Waals surface area contributed by atoms with Crippen molar-refractivity contribution in [2.75, 3.05) is 0 Å². The third-order valence-electron chi connectivity index (χ3n) is 1.64. The van der Waals surface area contributed by atoms with Gasteiger partial charge in [0.05, 0.1) is 10.2 Å². The Hall–Kier alpha value is -1.23. The largest absolute Gasteiger partial charge is 0.274 e. The molecule has 0 radical (unpaired) electrons. The molecule has 5 heteroatoms. The van der Waals surface area contributed by atoms with Crippen LogP contribution in [-0.4, -0.2) is 19.5 Å². The highest BCUT2D eigenvalue weighted by Crippen LogP contribution is 2.12. The molecule has 0 N–H and O–H groups in total. The van der Waals surface area contributed by atoms with Crippen LogP contribution in [0.25, 0.3) is 5.95 Å². The van der Waals surface area contributed by atoms with E-state index in [0.29, 0.717) is 5.95 Å². The van der Waals surface area contributed by atoms with Crippen LogP contribution in [0.2, 0.25) is 0 Å². The minimum absolute atomic E-state index is 0.637. The second kappa shape index (κ2) is 3.26. The molecule has 0 fully saturated rings. The first-order valence-electron chi connectivity index (χ1n) is 3.75. The van der Waals surface area contributed by atoms with Crippen molar-refractivity contribution in [1.29, 1.82) is 0 Å². The first kappa shape index (κ1) is 8.37. The Kier molecular flexibility index (Phi) is 2.10. The van der Waals surface area contributed by atoms with Crippen molar-refractivity contribution in [3.8, 4) is 5.95 Å². The molecule has 13 heavy (non-hydrogen) atoms. The smallest absolute Gasteiger partial charge is 0.235 e. The molecule has 0 spiro atoms. The van der Waals surface area contributed by atoms with Crippen molar-refractivity contribution in [2.24, 2.45) is 0 Å². The Bertz CT molecular complexity index is 410. The quantitative estimate of drug-likeness (QED) is 0.761. The SMILES string of the molecule is Cc1nc(-n2ccnc2)ncc1Br. The average molecular weight is 239 g/mol.